The molecular weight excluding hydrogens is 300 g/mol. The van der Waals surface area contributed by atoms with Crippen LogP contribution in [0.1, 0.15) is 5.56 Å². The van der Waals surface area contributed by atoms with Gasteiger partial charge in [-0.3, -0.25) is 0 Å². The van der Waals surface area contributed by atoms with E-state index in [0.29, 0.717) is 0 Å². The first-order valence-corrected chi connectivity index (χ1v) is 8.46. The van der Waals surface area contributed by atoms with E-state index in [1.807, 2.05) is 18.2 Å². The zero-order chi connectivity index (χ0) is 15.6. The Morgan fingerprint density at radius 2 is 1.09 bits per heavy atom. The maximum atomic E-state index is 9.91. The van der Waals surface area contributed by atoms with Crippen molar-refractivity contribution in [1.29, 1.82) is 0 Å². The molecular formula is C21H16OS. The molecule has 0 aliphatic rings. The van der Waals surface area contributed by atoms with Gasteiger partial charge in [0.1, 0.15) is 0 Å². The molecule has 1 nitrogen and oxygen atoms in total. The lowest BCUT2D eigenvalue weighted by molar-refractivity contribution is 0.285. The van der Waals surface area contributed by atoms with Crippen molar-refractivity contribution in [2.45, 2.75) is 16.4 Å². The smallest absolute Gasteiger partial charge is 0.0693 e. The zero-order valence-corrected chi connectivity index (χ0v) is 13.4. The maximum Gasteiger partial charge on any atom is 0.0693 e. The van der Waals surface area contributed by atoms with Crippen LogP contribution in [0.4, 0.5) is 0 Å². The Morgan fingerprint density at radius 3 is 1.61 bits per heavy atom. The normalized spacial score (nSPS) is 11.2. The molecule has 23 heavy (non-hydrogen) atoms. The highest BCUT2D eigenvalue weighted by molar-refractivity contribution is 7.99. The molecule has 0 amide bonds. The van der Waals surface area contributed by atoms with Gasteiger partial charge in [0.25, 0.3) is 0 Å². The topological polar surface area (TPSA) is 20.2 Å². The van der Waals surface area contributed by atoms with E-state index in [2.05, 4.69) is 60.7 Å². The summed E-state index contributed by atoms with van der Waals surface area (Å²) in [6.07, 6.45) is 0. The van der Waals surface area contributed by atoms with Crippen molar-refractivity contribution in [2.24, 2.45) is 0 Å². The van der Waals surface area contributed by atoms with E-state index in [1.54, 1.807) is 11.8 Å². The summed E-state index contributed by atoms with van der Waals surface area (Å²) in [6.45, 7) is 0.0529. The molecule has 0 saturated carbocycles. The van der Waals surface area contributed by atoms with E-state index in [9.17, 15) is 5.11 Å². The van der Waals surface area contributed by atoms with Gasteiger partial charge in [-0.25, -0.2) is 0 Å². The highest BCUT2D eigenvalue weighted by Crippen LogP contribution is 2.41. The minimum Gasteiger partial charge on any atom is -0.392 e. The molecule has 0 bridgehead atoms. The van der Waals surface area contributed by atoms with Crippen LogP contribution >= 0.6 is 11.8 Å². The summed E-state index contributed by atoms with van der Waals surface area (Å²) in [5.74, 6) is 0. The quantitative estimate of drug-likeness (QED) is 0.494. The lowest BCUT2D eigenvalue weighted by atomic mass is 9.97. The number of aliphatic hydroxyl groups is 1. The van der Waals surface area contributed by atoms with Crippen molar-refractivity contribution in [3.8, 4) is 0 Å². The summed E-state index contributed by atoms with van der Waals surface area (Å²) >= 11 is 1.78. The van der Waals surface area contributed by atoms with Crippen LogP contribution in [0.15, 0.2) is 88.7 Å². The van der Waals surface area contributed by atoms with Crippen LogP contribution in [0.5, 0.6) is 0 Å². The van der Waals surface area contributed by atoms with Gasteiger partial charge < -0.3 is 5.11 Å². The third-order valence-corrected chi connectivity index (χ3v) is 5.27. The van der Waals surface area contributed by atoms with E-state index in [4.69, 9.17) is 0 Å². The van der Waals surface area contributed by atoms with Crippen LogP contribution in [0.3, 0.4) is 0 Å². The van der Waals surface area contributed by atoms with Gasteiger partial charge >= 0.3 is 0 Å². The zero-order valence-electron chi connectivity index (χ0n) is 12.6. The molecule has 0 radical (unpaired) electrons. The van der Waals surface area contributed by atoms with Gasteiger partial charge in [-0.2, -0.15) is 0 Å². The fourth-order valence-electron chi connectivity index (χ4n) is 3.07. The Balaban J connectivity index is 2.08. The van der Waals surface area contributed by atoms with E-state index in [1.165, 1.54) is 20.6 Å². The third-order valence-electron chi connectivity index (χ3n) is 4.11. The van der Waals surface area contributed by atoms with Crippen LogP contribution < -0.4 is 0 Å². The van der Waals surface area contributed by atoms with Crippen LogP contribution in [0.25, 0.3) is 21.5 Å². The average molecular weight is 316 g/mol. The summed E-state index contributed by atoms with van der Waals surface area (Å²) < 4.78 is 0. The summed E-state index contributed by atoms with van der Waals surface area (Å²) in [5, 5.41) is 14.6. The number of hydrogen-bond acceptors (Lipinski definition) is 2. The first-order valence-electron chi connectivity index (χ1n) is 7.64. The molecule has 112 valence electrons. The fourth-order valence-corrected chi connectivity index (χ4v) is 4.17. The van der Waals surface area contributed by atoms with Gasteiger partial charge in [-0.15, -0.1) is 0 Å². The third kappa shape index (κ3) is 2.50. The Kier molecular flexibility index (Phi) is 3.78. The van der Waals surface area contributed by atoms with E-state index < -0.39 is 0 Å². The highest BCUT2D eigenvalue weighted by Gasteiger charge is 2.13. The first kappa shape index (κ1) is 14.3. The van der Waals surface area contributed by atoms with Crippen LogP contribution in [0.2, 0.25) is 0 Å². The van der Waals surface area contributed by atoms with Gasteiger partial charge in [-0.05, 0) is 39.2 Å². The van der Waals surface area contributed by atoms with E-state index >= 15 is 0 Å². The molecule has 4 aromatic rings. The minimum absolute atomic E-state index is 0.0529. The molecule has 0 aliphatic heterocycles. The molecule has 0 heterocycles. The second kappa shape index (κ2) is 6.07. The van der Waals surface area contributed by atoms with Crippen LogP contribution in [-0.2, 0) is 6.61 Å². The first-order chi connectivity index (χ1) is 11.4. The molecule has 0 fully saturated rings. The molecule has 4 rings (SSSR count). The van der Waals surface area contributed by atoms with Crippen molar-refractivity contribution >= 4 is 33.3 Å². The van der Waals surface area contributed by atoms with Crippen molar-refractivity contribution in [2.75, 3.05) is 0 Å². The average Bonchev–Trinajstić information content (AvgIpc) is 2.62. The van der Waals surface area contributed by atoms with Crippen LogP contribution in [-0.4, -0.2) is 5.11 Å². The predicted molar refractivity (Wildman–Crippen MR) is 97.9 cm³/mol. The molecule has 4 aromatic carbocycles. The fraction of sp³-hybridized carbons (Fsp3) is 0.0476. The molecule has 0 aromatic heterocycles. The monoisotopic (exact) mass is 316 g/mol. The molecule has 0 saturated heterocycles. The second-order valence-corrected chi connectivity index (χ2v) is 6.56. The lowest BCUT2D eigenvalue weighted by Gasteiger charge is -2.15. The Labute approximate surface area is 139 Å². The Morgan fingerprint density at radius 1 is 0.609 bits per heavy atom. The van der Waals surface area contributed by atoms with Crippen LogP contribution in [0, 0.1) is 0 Å². The lowest BCUT2D eigenvalue weighted by Crippen LogP contribution is -1.92. The van der Waals surface area contributed by atoms with Crippen molar-refractivity contribution in [3.05, 3.63) is 84.4 Å². The Hall–Kier alpha value is -2.29. The summed E-state index contributed by atoms with van der Waals surface area (Å²) in [4.78, 5) is 2.47. The molecule has 0 atom stereocenters. The van der Waals surface area contributed by atoms with Crippen molar-refractivity contribution in [1.82, 2.24) is 0 Å². The van der Waals surface area contributed by atoms with E-state index in [-0.39, 0.29) is 6.61 Å². The second-order valence-electron chi connectivity index (χ2n) is 5.47. The van der Waals surface area contributed by atoms with Gasteiger partial charge in [0.15, 0.2) is 0 Å². The maximum absolute atomic E-state index is 9.91. The van der Waals surface area contributed by atoms with Gasteiger partial charge in [0, 0.05) is 9.79 Å². The minimum atomic E-state index is 0.0529. The highest BCUT2D eigenvalue weighted by atomic mass is 32.2. The number of rotatable bonds is 3. The van der Waals surface area contributed by atoms with Gasteiger partial charge in [0.2, 0.25) is 0 Å². The summed E-state index contributed by atoms with van der Waals surface area (Å²) in [6, 6.07) is 27.1. The molecule has 1 N–H and O–H groups in total. The SMILES string of the molecule is OCc1c2ccccc2c(Sc2ccccc2)c2ccccc12. The summed E-state index contributed by atoms with van der Waals surface area (Å²) in [5.41, 5.74) is 1.01. The molecule has 0 unspecified atom stereocenters. The number of aliphatic hydroxyl groups excluding tert-OH is 1. The number of benzene rings is 4. The molecule has 0 spiro atoms. The molecule has 0 aliphatic carbocycles. The van der Waals surface area contributed by atoms with Crippen molar-refractivity contribution in [3.63, 3.8) is 0 Å². The van der Waals surface area contributed by atoms with Crippen molar-refractivity contribution < 1.29 is 5.11 Å². The van der Waals surface area contributed by atoms with E-state index in [0.717, 1.165) is 16.3 Å². The standard InChI is InChI=1S/C21H16OS/c22-14-20-16-10-4-6-12-18(16)21(19-13-7-5-11-17(19)20)23-15-8-2-1-3-9-15/h1-13,22H,14H2. The largest absolute Gasteiger partial charge is 0.392 e. The summed E-state index contributed by atoms with van der Waals surface area (Å²) in [7, 11) is 0. The van der Waals surface area contributed by atoms with Gasteiger partial charge in [0.05, 0.1) is 6.61 Å². The predicted octanol–water partition coefficient (Wildman–Crippen LogP) is 5.64. The van der Waals surface area contributed by atoms with Gasteiger partial charge in [-0.1, -0.05) is 78.5 Å². The number of fused-ring (bicyclic) bond motifs is 2. The Bertz CT molecular complexity index is 920. The number of hydrogen-bond donors (Lipinski definition) is 1. The molecule has 2 heteroatoms.